The highest BCUT2D eigenvalue weighted by Gasteiger charge is 2.42. The summed E-state index contributed by atoms with van der Waals surface area (Å²) in [6.07, 6.45) is 8.49. The first-order valence-corrected chi connectivity index (χ1v) is 7.52. The summed E-state index contributed by atoms with van der Waals surface area (Å²) >= 11 is 0. The van der Waals surface area contributed by atoms with Crippen molar-refractivity contribution in [1.82, 2.24) is 20.0 Å². The van der Waals surface area contributed by atoms with Crippen molar-refractivity contribution >= 4 is 0 Å². The van der Waals surface area contributed by atoms with Crippen molar-refractivity contribution in [2.24, 2.45) is 0 Å². The number of nitrogens with one attached hydrogen (secondary N) is 1. The van der Waals surface area contributed by atoms with Crippen LogP contribution >= 0.6 is 0 Å². The quantitative estimate of drug-likeness (QED) is 0.886. The van der Waals surface area contributed by atoms with Gasteiger partial charge in [-0.25, -0.2) is 0 Å². The van der Waals surface area contributed by atoms with Crippen molar-refractivity contribution in [2.45, 2.75) is 57.2 Å². The van der Waals surface area contributed by atoms with Crippen LogP contribution in [-0.2, 0) is 6.54 Å². The topological polar surface area (TPSA) is 33.1 Å². The molecule has 108 valence electrons. The van der Waals surface area contributed by atoms with Crippen LogP contribution in [0.1, 0.15) is 50.8 Å². The summed E-state index contributed by atoms with van der Waals surface area (Å²) in [6, 6.07) is 2.52. The molecule has 0 spiro atoms. The van der Waals surface area contributed by atoms with E-state index in [1.165, 1.54) is 37.8 Å². The van der Waals surface area contributed by atoms with Crippen molar-refractivity contribution in [3.8, 4) is 0 Å². The maximum Gasteiger partial charge on any atom is 0.0676 e. The zero-order valence-electron chi connectivity index (χ0n) is 12.8. The highest BCUT2D eigenvalue weighted by Crippen LogP contribution is 2.41. The molecule has 1 saturated carbocycles. The van der Waals surface area contributed by atoms with E-state index in [1.54, 1.807) is 0 Å². The van der Waals surface area contributed by atoms with Crippen LogP contribution in [0, 0.1) is 0 Å². The average Bonchev–Trinajstić information content (AvgIpc) is 2.88. The summed E-state index contributed by atoms with van der Waals surface area (Å²) in [5, 5.41) is 8.02. The second kappa shape index (κ2) is 6.06. The van der Waals surface area contributed by atoms with Gasteiger partial charge in [-0.2, -0.15) is 5.10 Å². The third kappa shape index (κ3) is 2.56. The summed E-state index contributed by atoms with van der Waals surface area (Å²) in [6.45, 7) is 3.09. The molecule has 1 atom stereocenters. The van der Waals surface area contributed by atoms with Crippen molar-refractivity contribution in [3.05, 3.63) is 18.0 Å². The van der Waals surface area contributed by atoms with Gasteiger partial charge >= 0.3 is 0 Å². The summed E-state index contributed by atoms with van der Waals surface area (Å²) in [4.78, 5) is 2.43. The van der Waals surface area contributed by atoms with Crippen LogP contribution in [-0.4, -0.2) is 41.4 Å². The first-order chi connectivity index (χ1) is 9.15. The number of likely N-dealkylation sites (N-methyl/N-ethyl adjacent to an activating group) is 2. The van der Waals surface area contributed by atoms with Crippen LogP contribution in [0.4, 0.5) is 0 Å². The average molecular weight is 264 g/mol. The second-order valence-corrected chi connectivity index (χ2v) is 5.85. The number of nitrogens with zero attached hydrogens (tertiary/aromatic N) is 3. The summed E-state index contributed by atoms with van der Waals surface area (Å²) in [5.74, 6) is 0. The molecular formula is C15H28N4. The molecule has 4 heteroatoms. The summed E-state index contributed by atoms with van der Waals surface area (Å²) in [5.41, 5.74) is 1.54. The Balaban J connectivity index is 2.37. The molecule has 0 radical (unpaired) electrons. The van der Waals surface area contributed by atoms with Crippen molar-refractivity contribution in [2.75, 3.05) is 21.1 Å². The van der Waals surface area contributed by atoms with Gasteiger partial charge in [-0.3, -0.25) is 4.68 Å². The lowest BCUT2D eigenvalue weighted by Gasteiger charge is -2.48. The van der Waals surface area contributed by atoms with Gasteiger partial charge in [0.1, 0.15) is 0 Å². The predicted octanol–water partition coefficient (Wildman–Crippen LogP) is 2.43. The lowest BCUT2D eigenvalue weighted by atomic mass is 9.74. The van der Waals surface area contributed by atoms with Gasteiger partial charge in [0.15, 0.2) is 0 Å². The highest BCUT2D eigenvalue weighted by atomic mass is 15.3. The Morgan fingerprint density at radius 1 is 1.37 bits per heavy atom. The van der Waals surface area contributed by atoms with Gasteiger partial charge in [0.25, 0.3) is 0 Å². The van der Waals surface area contributed by atoms with Crippen LogP contribution in [0.25, 0.3) is 0 Å². The van der Waals surface area contributed by atoms with Gasteiger partial charge in [-0.15, -0.1) is 0 Å². The van der Waals surface area contributed by atoms with Crippen LogP contribution in [0.3, 0.4) is 0 Å². The largest absolute Gasteiger partial charge is 0.310 e. The first kappa shape index (κ1) is 14.5. The molecular weight excluding hydrogens is 236 g/mol. The van der Waals surface area contributed by atoms with E-state index in [-0.39, 0.29) is 5.54 Å². The number of aromatic nitrogens is 2. The van der Waals surface area contributed by atoms with Gasteiger partial charge in [0.2, 0.25) is 0 Å². The Hall–Kier alpha value is -0.870. The van der Waals surface area contributed by atoms with Crippen LogP contribution in [0.15, 0.2) is 12.3 Å². The van der Waals surface area contributed by atoms with Gasteiger partial charge < -0.3 is 10.2 Å². The number of aryl methyl sites for hydroxylation is 1. The molecule has 0 saturated heterocycles. The number of hydrogen-bond donors (Lipinski definition) is 1. The Bertz CT molecular complexity index is 391. The molecule has 0 aliphatic heterocycles. The monoisotopic (exact) mass is 264 g/mol. The van der Waals surface area contributed by atoms with Crippen LogP contribution in [0.5, 0.6) is 0 Å². The minimum absolute atomic E-state index is 0.222. The third-order valence-electron chi connectivity index (χ3n) is 4.78. The maximum atomic E-state index is 4.45. The molecule has 1 aromatic heterocycles. The van der Waals surface area contributed by atoms with Crippen molar-refractivity contribution in [3.63, 3.8) is 0 Å². The molecule has 19 heavy (non-hydrogen) atoms. The Morgan fingerprint density at radius 2 is 2.05 bits per heavy atom. The van der Waals surface area contributed by atoms with Crippen LogP contribution in [0.2, 0.25) is 0 Å². The lowest BCUT2D eigenvalue weighted by Crippen LogP contribution is -2.54. The molecule has 1 fully saturated rings. The van der Waals surface area contributed by atoms with E-state index < -0.39 is 0 Å². The van der Waals surface area contributed by atoms with E-state index in [0.717, 1.165) is 6.54 Å². The second-order valence-electron chi connectivity index (χ2n) is 5.85. The molecule has 2 rings (SSSR count). The van der Waals surface area contributed by atoms with E-state index in [4.69, 9.17) is 0 Å². The molecule has 1 unspecified atom stereocenters. The lowest BCUT2D eigenvalue weighted by molar-refractivity contribution is 0.0560. The van der Waals surface area contributed by atoms with Gasteiger partial charge in [-0.05, 0) is 47.0 Å². The van der Waals surface area contributed by atoms with Gasteiger partial charge in [0, 0.05) is 18.3 Å². The van der Waals surface area contributed by atoms with Crippen LogP contribution < -0.4 is 5.32 Å². The SMILES string of the molecule is CCn1nccc1C(NC)C1(N(C)C)CCCCC1. The van der Waals surface area contributed by atoms with Gasteiger partial charge in [-0.1, -0.05) is 19.3 Å². The molecule has 1 aromatic rings. The first-order valence-electron chi connectivity index (χ1n) is 7.52. The molecule has 1 aliphatic carbocycles. The fourth-order valence-electron chi connectivity index (χ4n) is 3.70. The van der Waals surface area contributed by atoms with E-state index in [9.17, 15) is 0 Å². The highest BCUT2D eigenvalue weighted by molar-refractivity contribution is 5.16. The molecule has 4 nitrogen and oxygen atoms in total. The Labute approximate surface area is 117 Å². The minimum atomic E-state index is 0.222. The third-order valence-corrected chi connectivity index (χ3v) is 4.78. The standard InChI is InChI=1S/C15H28N4/c1-5-19-13(9-12-17-19)14(16-2)15(18(3)4)10-7-6-8-11-15/h9,12,14,16H,5-8,10-11H2,1-4H3. The van der Waals surface area contributed by atoms with Crippen molar-refractivity contribution < 1.29 is 0 Å². The fourth-order valence-corrected chi connectivity index (χ4v) is 3.70. The molecule has 0 amide bonds. The Kier molecular flexibility index (Phi) is 4.63. The van der Waals surface area contributed by atoms with Gasteiger partial charge in [0.05, 0.1) is 11.7 Å². The molecule has 1 aliphatic rings. The Morgan fingerprint density at radius 3 is 2.58 bits per heavy atom. The van der Waals surface area contributed by atoms with E-state index in [2.05, 4.69) is 54.1 Å². The molecule has 0 aromatic carbocycles. The maximum absolute atomic E-state index is 4.45. The van der Waals surface area contributed by atoms with E-state index >= 15 is 0 Å². The smallest absolute Gasteiger partial charge is 0.0676 e. The van der Waals surface area contributed by atoms with Crippen molar-refractivity contribution in [1.29, 1.82) is 0 Å². The molecule has 1 heterocycles. The van der Waals surface area contributed by atoms with E-state index in [0.29, 0.717) is 6.04 Å². The number of hydrogen-bond acceptors (Lipinski definition) is 3. The fraction of sp³-hybridized carbons (Fsp3) is 0.800. The summed E-state index contributed by atoms with van der Waals surface area (Å²) < 4.78 is 2.13. The zero-order valence-corrected chi connectivity index (χ0v) is 12.8. The molecule has 1 N–H and O–H groups in total. The molecule has 0 bridgehead atoms. The summed E-state index contributed by atoms with van der Waals surface area (Å²) in [7, 11) is 6.53. The zero-order chi connectivity index (χ0) is 13.9. The predicted molar refractivity (Wildman–Crippen MR) is 79.2 cm³/mol. The minimum Gasteiger partial charge on any atom is -0.310 e. The normalized spacial score (nSPS) is 20.7. The number of rotatable bonds is 5. The van der Waals surface area contributed by atoms with E-state index in [1.807, 2.05) is 6.20 Å².